The van der Waals surface area contributed by atoms with E-state index in [2.05, 4.69) is 36.9 Å². The van der Waals surface area contributed by atoms with Gasteiger partial charge in [0, 0.05) is 20.1 Å². The molecule has 0 radical (unpaired) electrons. The molecule has 0 saturated carbocycles. The molecule has 3 aromatic carbocycles. The summed E-state index contributed by atoms with van der Waals surface area (Å²) in [5, 5.41) is 0. The number of aliphatic imine (C=N–C) groups is 1. The number of benzene rings is 3. The van der Waals surface area contributed by atoms with Gasteiger partial charge >= 0.3 is 11.9 Å². The molecule has 3 aromatic rings. The summed E-state index contributed by atoms with van der Waals surface area (Å²) in [6, 6.07) is 15.2. The van der Waals surface area contributed by atoms with Gasteiger partial charge in [-0.1, -0.05) is 31.9 Å². The number of carbonyl (C=O) groups excluding carboxylic acids is 2. The van der Waals surface area contributed by atoms with Crippen molar-refractivity contribution in [2.24, 2.45) is 4.99 Å². The molecule has 36 heavy (non-hydrogen) atoms. The monoisotopic (exact) mass is 615 g/mol. The zero-order valence-electron chi connectivity index (χ0n) is 19.3. The van der Waals surface area contributed by atoms with E-state index in [-0.39, 0.29) is 22.9 Å². The van der Waals surface area contributed by atoms with Gasteiger partial charge in [-0.05, 0) is 60.7 Å². The Morgan fingerprint density at radius 1 is 0.861 bits per heavy atom. The van der Waals surface area contributed by atoms with Gasteiger partial charge in [-0.3, -0.25) is 0 Å². The van der Waals surface area contributed by atoms with Crippen LogP contribution in [0.25, 0.3) is 6.08 Å². The minimum absolute atomic E-state index is 0.0658. The maximum Gasteiger partial charge on any atom is 0.363 e. The summed E-state index contributed by atoms with van der Waals surface area (Å²) in [5.41, 5.74) is 1.34. The summed E-state index contributed by atoms with van der Waals surface area (Å²) >= 11 is 6.78. The summed E-state index contributed by atoms with van der Waals surface area (Å²) in [6.07, 6.45) is 1.50. The van der Waals surface area contributed by atoms with Crippen LogP contribution in [0.4, 0.5) is 0 Å². The first-order valence-electron chi connectivity index (χ1n) is 10.4. The van der Waals surface area contributed by atoms with Crippen LogP contribution in [-0.2, 0) is 9.53 Å². The molecule has 0 N–H and O–H groups in total. The smallest absolute Gasteiger partial charge is 0.363 e. The molecule has 4 rings (SSSR count). The van der Waals surface area contributed by atoms with Crippen molar-refractivity contribution in [2.75, 3.05) is 21.3 Å². The van der Waals surface area contributed by atoms with Gasteiger partial charge in [0.05, 0.1) is 26.9 Å². The molecule has 0 amide bonds. The maximum atomic E-state index is 13.0. The predicted molar refractivity (Wildman–Crippen MR) is 140 cm³/mol. The predicted octanol–water partition coefficient (Wildman–Crippen LogP) is 5.80. The fourth-order valence-corrected chi connectivity index (χ4v) is 4.00. The number of cyclic esters (lactones) is 1. The molecule has 1 heterocycles. The van der Waals surface area contributed by atoms with E-state index in [1.165, 1.54) is 39.5 Å². The second kappa shape index (κ2) is 11.0. The molecule has 0 saturated heterocycles. The highest BCUT2D eigenvalue weighted by Gasteiger charge is 2.25. The number of esters is 2. The normalized spacial score (nSPS) is 13.8. The van der Waals surface area contributed by atoms with Gasteiger partial charge in [0.15, 0.2) is 17.2 Å². The average molecular weight is 617 g/mol. The van der Waals surface area contributed by atoms with Crippen LogP contribution in [-0.4, -0.2) is 39.2 Å². The number of rotatable bonds is 7. The molecule has 1 aliphatic rings. The van der Waals surface area contributed by atoms with Gasteiger partial charge in [-0.2, -0.15) is 0 Å². The highest BCUT2D eigenvalue weighted by atomic mass is 79.9. The first-order chi connectivity index (χ1) is 17.3. The van der Waals surface area contributed by atoms with Crippen molar-refractivity contribution in [3.05, 3.63) is 85.9 Å². The SMILES string of the molecule is COc1cc(C(=O)Oc2ccc(Br)cc2/C=C2/N=C(c3ccc(Br)cc3)OC2=O)cc(OC)c1OC. The fourth-order valence-electron chi connectivity index (χ4n) is 3.36. The Hall–Kier alpha value is -3.63. The lowest BCUT2D eigenvalue weighted by molar-refractivity contribution is -0.129. The molecular weight excluding hydrogens is 598 g/mol. The number of hydrogen-bond donors (Lipinski definition) is 0. The van der Waals surface area contributed by atoms with Crippen molar-refractivity contribution in [2.45, 2.75) is 0 Å². The van der Waals surface area contributed by atoms with Crippen LogP contribution < -0.4 is 18.9 Å². The molecule has 8 nitrogen and oxygen atoms in total. The van der Waals surface area contributed by atoms with Crippen LogP contribution >= 0.6 is 31.9 Å². The largest absolute Gasteiger partial charge is 0.493 e. The summed E-state index contributed by atoms with van der Waals surface area (Å²) in [6.45, 7) is 0. The summed E-state index contributed by atoms with van der Waals surface area (Å²) < 4.78 is 28.5. The third-order valence-electron chi connectivity index (χ3n) is 5.08. The zero-order valence-corrected chi connectivity index (χ0v) is 22.5. The van der Waals surface area contributed by atoms with Crippen molar-refractivity contribution in [1.29, 1.82) is 0 Å². The number of halogens is 2. The van der Waals surface area contributed by atoms with Crippen molar-refractivity contribution in [3.8, 4) is 23.0 Å². The van der Waals surface area contributed by atoms with Crippen molar-refractivity contribution >= 4 is 55.8 Å². The van der Waals surface area contributed by atoms with E-state index in [1.54, 1.807) is 30.3 Å². The Kier molecular flexibility index (Phi) is 7.76. The minimum Gasteiger partial charge on any atom is -0.493 e. The lowest BCUT2D eigenvalue weighted by Gasteiger charge is -2.14. The molecular formula is C26H19Br2NO7. The topological polar surface area (TPSA) is 92.7 Å². The highest BCUT2D eigenvalue weighted by molar-refractivity contribution is 9.10. The van der Waals surface area contributed by atoms with Gasteiger partial charge in [-0.15, -0.1) is 0 Å². The molecule has 0 unspecified atom stereocenters. The van der Waals surface area contributed by atoms with E-state index in [0.29, 0.717) is 32.8 Å². The Balaban J connectivity index is 1.66. The van der Waals surface area contributed by atoms with Gasteiger partial charge in [0.25, 0.3) is 0 Å². The molecule has 184 valence electrons. The molecule has 0 aliphatic carbocycles. The molecule has 10 heteroatoms. The molecule has 0 spiro atoms. The van der Waals surface area contributed by atoms with Crippen LogP contribution in [0.3, 0.4) is 0 Å². The Labute approximate surface area is 223 Å². The summed E-state index contributed by atoms with van der Waals surface area (Å²) in [5.74, 6) is 0.0917. The fraction of sp³-hybridized carbons (Fsp3) is 0.115. The Bertz CT molecular complexity index is 1370. The van der Waals surface area contributed by atoms with E-state index >= 15 is 0 Å². The molecule has 0 fully saturated rings. The number of ether oxygens (including phenoxy) is 5. The van der Waals surface area contributed by atoms with Gasteiger partial charge < -0.3 is 23.7 Å². The second-order valence-corrected chi connectivity index (χ2v) is 9.16. The lowest BCUT2D eigenvalue weighted by atomic mass is 10.1. The lowest BCUT2D eigenvalue weighted by Crippen LogP contribution is -2.10. The van der Waals surface area contributed by atoms with Gasteiger partial charge in [-0.25, -0.2) is 14.6 Å². The first kappa shape index (κ1) is 25.5. The van der Waals surface area contributed by atoms with Crippen molar-refractivity contribution in [1.82, 2.24) is 0 Å². The van der Waals surface area contributed by atoms with Crippen LogP contribution in [0.1, 0.15) is 21.5 Å². The minimum atomic E-state index is -0.663. The number of hydrogen-bond acceptors (Lipinski definition) is 8. The van der Waals surface area contributed by atoms with Crippen LogP contribution in [0.15, 0.2) is 74.2 Å². The van der Waals surface area contributed by atoms with Gasteiger partial charge in [0.1, 0.15) is 5.75 Å². The number of methoxy groups -OCH3 is 3. The quantitative estimate of drug-likeness (QED) is 0.188. The van der Waals surface area contributed by atoms with E-state index in [0.717, 1.165) is 4.47 Å². The van der Waals surface area contributed by atoms with E-state index in [4.69, 9.17) is 23.7 Å². The third-order valence-corrected chi connectivity index (χ3v) is 6.10. The van der Waals surface area contributed by atoms with Crippen LogP contribution in [0, 0.1) is 0 Å². The Morgan fingerprint density at radius 2 is 1.50 bits per heavy atom. The van der Waals surface area contributed by atoms with E-state index in [1.807, 2.05) is 12.1 Å². The van der Waals surface area contributed by atoms with Crippen molar-refractivity contribution < 1.29 is 33.3 Å². The highest BCUT2D eigenvalue weighted by Crippen LogP contribution is 2.38. The summed E-state index contributed by atoms with van der Waals surface area (Å²) in [4.78, 5) is 29.8. The zero-order chi connectivity index (χ0) is 25.8. The van der Waals surface area contributed by atoms with Gasteiger partial charge in [0.2, 0.25) is 11.6 Å². The van der Waals surface area contributed by atoms with E-state index in [9.17, 15) is 9.59 Å². The van der Waals surface area contributed by atoms with Crippen LogP contribution in [0.2, 0.25) is 0 Å². The third kappa shape index (κ3) is 5.44. The average Bonchev–Trinajstić information content (AvgIpc) is 3.24. The molecule has 0 aromatic heterocycles. The number of nitrogens with zero attached hydrogens (tertiary/aromatic N) is 1. The van der Waals surface area contributed by atoms with Crippen LogP contribution in [0.5, 0.6) is 23.0 Å². The molecule has 0 bridgehead atoms. The maximum absolute atomic E-state index is 13.0. The summed E-state index contributed by atoms with van der Waals surface area (Å²) in [7, 11) is 4.38. The second-order valence-electron chi connectivity index (χ2n) is 7.33. The van der Waals surface area contributed by atoms with E-state index < -0.39 is 11.9 Å². The molecule has 1 aliphatic heterocycles. The Morgan fingerprint density at radius 3 is 2.11 bits per heavy atom. The molecule has 0 atom stereocenters. The first-order valence-corrected chi connectivity index (χ1v) is 12.0. The standard InChI is InChI=1S/C26H19Br2NO7/c1-32-21-12-16(13-22(33-2)23(21)34-3)25(30)35-20-9-8-18(28)10-15(20)11-19-26(31)36-24(29-19)14-4-6-17(27)7-5-14/h4-13H,1-3H3/b19-11+. The number of carbonyl (C=O) groups is 2. The van der Waals surface area contributed by atoms with Crippen molar-refractivity contribution in [3.63, 3.8) is 0 Å².